The molecule has 0 radical (unpaired) electrons. The number of methoxy groups -OCH3 is 1. The van der Waals surface area contributed by atoms with Crippen molar-refractivity contribution in [1.82, 2.24) is 0 Å². The Hall–Kier alpha value is -0.433. The second-order valence-corrected chi connectivity index (χ2v) is 14.9. The van der Waals surface area contributed by atoms with Crippen molar-refractivity contribution in [3.05, 3.63) is 0 Å². The van der Waals surface area contributed by atoms with Gasteiger partial charge < -0.3 is 19.4 Å². The maximum absolute atomic E-state index is 11.7. The molecule has 0 spiro atoms. The lowest BCUT2D eigenvalue weighted by molar-refractivity contribution is -0.154. The van der Waals surface area contributed by atoms with Gasteiger partial charge in [0.15, 0.2) is 8.32 Å². The summed E-state index contributed by atoms with van der Waals surface area (Å²) in [7, 11) is -0.690. The highest BCUT2D eigenvalue weighted by molar-refractivity contribution is 6.74. The van der Waals surface area contributed by atoms with Gasteiger partial charge in [-0.15, -0.1) is 0 Å². The molecule has 25 heavy (non-hydrogen) atoms. The Kier molecular flexibility index (Phi) is 5.05. The third kappa shape index (κ3) is 3.31. The Morgan fingerprint density at radius 2 is 1.84 bits per heavy atom. The second-order valence-electron chi connectivity index (χ2n) is 10.1. The van der Waals surface area contributed by atoms with Crippen LogP contribution < -0.4 is 0 Å². The zero-order valence-corrected chi connectivity index (χ0v) is 18.1. The Balaban J connectivity index is 2.30. The molecule has 2 aliphatic rings. The highest BCUT2D eigenvalue weighted by Gasteiger charge is 2.75. The van der Waals surface area contributed by atoms with Crippen molar-refractivity contribution in [2.45, 2.75) is 95.7 Å². The number of carbonyl (C=O) groups excluding carboxylic acids is 1. The number of hydrogen-bond acceptors (Lipinski definition) is 5. The van der Waals surface area contributed by atoms with Gasteiger partial charge in [0.1, 0.15) is 5.60 Å². The monoisotopic (exact) mass is 372 g/mol. The molecule has 0 aromatic rings. The van der Waals surface area contributed by atoms with E-state index in [1.807, 2.05) is 0 Å². The minimum absolute atomic E-state index is 0.0766. The van der Waals surface area contributed by atoms with Crippen LogP contribution in [0.3, 0.4) is 0 Å². The number of rotatable bonds is 4. The van der Waals surface area contributed by atoms with E-state index in [1.165, 1.54) is 7.11 Å². The molecule has 0 amide bonds. The van der Waals surface area contributed by atoms with Gasteiger partial charge in [0.2, 0.25) is 0 Å². The molecule has 0 unspecified atom stereocenters. The van der Waals surface area contributed by atoms with E-state index < -0.39 is 26.0 Å². The third-order valence-corrected chi connectivity index (χ3v) is 11.8. The summed E-state index contributed by atoms with van der Waals surface area (Å²) in [6, 6.07) is 0. The summed E-state index contributed by atoms with van der Waals surface area (Å²) in [4.78, 5) is 11.7. The van der Waals surface area contributed by atoms with E-state index in [9.17, 15) is 15.0 Å². The quantitative estimate of drug-likeness (QED) is 0.585. The third-order valence-electron chi connectivity index (χ3n) is 7.33. The van der Waals surface area contributed by atoms with Crippen LogP contribution in [0.5, 0.6) is 0 Å². The van der Waals surface area contributed by atoms with Crippen molar-refractivity contribution in [3.63, 3.8) is 0 Å². The maximum Gasteiger partial charge on any atom is 0.308 e. The van der Waals surface area contributed by atoms with Crippen LogP contribution in [0.25, 0.3) is 0 Å². The van der Waals surface area contributed by atoms with Crippen LogP contribution in [0, 0.1) is 11.3 Å². The van der Waals surface area contributed by atoms with Gasteiger partial charge in [-0.25, -0.2) is 0 Å². The molecule has 6 heteroatoms. The molecular weight excluding hydrogens is 336 g/mol. The highest BCUT2D eigenvalue weighted by Crippen LogP contribution is 2.71. The minimum atomic E-state index is -2.00. The standard InChI is InChI=1S/C19H36O5Si/c1-16(2,3)25(7,8)24-19-10-9-14(20)18(22,12-15(21)23-6)11-13(19)17(19,4)5/h13-14,20,22H,9-12H2,1-8H3/t13-,14-,18-,19+/m1/s1. The molecule has 2 saturated carbocycles. The number of aliphatic hydroxyl groups excluding tert-OH is 1. The first-order valence-corrected chi connectivity index (χ1v) is 12.2. The van der Waals surface area contributed by atoms with Gasteiger partial charge >= 0.3 is 5.97 Å². The summed E-state index contributed by atoms with van der Waals surface area (Å²) >= 11 is 0. The van der Waals surface area contributed by atoms with Gasteiger partial charge in [0.25, 0.3) is 0 Å². The SMILES string of the molecule is COC(=O)C[C@]1(O)C[C@@H]2C(C)(C)[C@]2(O[Si](C)(C)C(C)(C)C)CC[C@H]1O. The molecule has 0 aromatic heterocycles. The molecule has 4 atom stereocenters. The lowest BCUT2D eigenvalue weighted by Crippen LogP contribution is -2.46. The average molecular weight is 373 g/mol. The van der Waals surface area contributed by atoms with Crippen molar-refractivity contribution < 1.29 is 24.2 Å². The van der Waals surface area contributed by atoms with Crippen LogP contribution in [0.2, 0.25) is 18.1 Å². The van der Waals surface area contributed by atoms with Gasteiger partial charge in [-0.2, -0.15) is 0 Å². The van der Waals surface area contributed by atoms with Crippen molar-refractivity contribution >= 4 is 14.3 Å². The molecule has 0 bridgehead atoms. The zero-order chi connectivity index (χ0) is 19.5. The lowest BCUT2D eigenvalue weighted by Gasteiger charge is -2.41. The number of carbonyl (C=O) groups is 1. The first-order valence-electron chi connectivity index (χ1n) is 9.30. The molecular formula is C19H36O5Si. The fourth-order valence-corrected chi connectivity index (χ4v) is 6.05. The average Bonchev–Trinajstić information content (AvgIpc) is 2.92. The van der Waals surface area contributed by atoms with Crippen LogP contribution in [-0.2, 0) is 14.0 Å². The topological polar surface area (TPSA) is 76.0 Å². The molecule has 0 aliphatic heterocycles. The molecule has 0 aromatic carbocycles. The first-order chi connectivity index (χ1) is 11.1. The maximum atomic E-state index is 11.7. The summed E-state index contributed by atoms with van der Waals surface area (Å²) in [6.07, 6.45) is 0.400. The van der Waals surface area contributed by atoms with E-state index in [2.05, 4.69) is 47.7 Å². The summed E-state index contributed by atoms with van der Waals surface area (Å²) in [5.74, 6) is -0.362. The molecule has 2 fully saturated rings. The predicted octanol–water partition coefficient (Wildman–Crippen LogP) is 3.24. The lowest BCUT2D eigenvalue weighted by atomic mass is 9.84. The van der Waals surface area contributed by atoms with E-state index in [4.69, 9.17) is 9.16 Å². The van der Waals surface area contributed by atoms with Gasteiger partial charge in [-0.05, 0) is 48.7 Å². The molecule has 0 saturated heterocycles. The van der Waals surface area contributed by atoms with Crippen molar-refractivity contribution in [1.29, 1.82) is 0 Å². The Bertz CT molecular complexity index is 538. The van der Waals surface area contributed by atoms with Gasteiger partial charge in [-0.1, -0.05) is 34.6 Å². The van der Waals surface area contributed by atoms with Crippen LogP contribution in [0.4, 0.5) is 0 Å². The Labute approximate surface area is 153 Å². The van der Waals surface area contributed by atoms with Crippen LogP contribution in [0.1, 0.15) is 60.3 Å². The summed E-state index contributed by atoms with van der Waals surface area (Å²) in [5, 5.41) is 21.7. The van der Waals surface area contributed by atoms with Crippen LogP contribution >= 0.6 is 0 Å². The molecule has 0 heterocycles. The summed E-state index contributed by atoms with van der Waals surface area (Å²) in [6.45, 7) is 15.5. The predicted molar refractivity (Wildman–Crippen MR) is 99.7 cm³/mol. The number of aliphatic hydroxyl groups is 2. The summed E-state index contributed by atoms with van der Waals surface area (Å²) < 4.78 is 11.6. The number of ether oxygens (including phenoxy) is 1. The first kappa shape index (κ1) is 20.9. The molecule has 5 nitrogen and oxygen atoms in total. The number of fused-ring (bicyclic) bond motifs is 1. The van der Waals surface area contributed by atoms with Gasteiger partial charge in [0.05, 0.1) is 25.2 Å². The van der Waals surface area contributed by atoms with Gasteiger partial charge in [-0.3, -0.25) is 4.79 Å². The van der Waals surface area contributed by atoms with Crippen LogP contribution in [0.15, 0.2) is 0 Å². The van der Waals surface area contributed by atoms with E-state index >= 15 is 0 Å². The van der Waals surface area contributed by atoms with E-state index in [-0.39, 0.29) is 28.4 Å². The van der Waals surface area contributed by atoms with E-state index in [1.54, 1.807) is 0 Å². The van der Waals surface area contributed by atoms with Crippen molar-refractivity contribution in [3.8, 4) is 0 Å². The fraction of sp³-hybridized carbons (Fsp3) is 0.947. The Morgan fingerprint density at radius 3 is 2.32 bits per heavy atom. The highest BCUT2D eigenvalue weighted by atomic mass is 28.4. The van der Waals surface area contributed by atoms with E-state index in [0.717, 1.165) is 0 Å². The Morgan fingerprint density at radius 1 is 1.28 bits per heavy atom. The molecule has 2 aliphatic carbocycles. The molecule has 2 rings (SSSR count). The minimum Gasteiger partial charge on any atom is -0.469 e. The normalized spacial score (nSPS) is 37.8. The molecule has 146 valence electrons. The van der Waals surface area contributed by atoms with Crippen molar-refractivity contribution in [2.24, 2.45) is 11.3 Å². The largest absolute Gasteiger partial charge is 0.469 e. The number of hydrogen-bond donors (Lipinski definition) is 2. The second kappa shape index (κ2) is 6.04. The van der Waals surface area contributed by atoms with Gasteiger partial charge in [0, 0.05) is 0 Å². The van der Waals surface area contributed by atoms with Crippen molar-refractivity contribution in [2.75, 3.05) is 7.11 Å². The zero-order valence-electron chi connectivity index (χ0n) is 17.1. The van der Waals surface area contributed by atoms with E-state index in [0.29, 0.717) is 19.3 Å². The van der Waals surface area contributed by atoms with Crippen LogP contribution in [-0.4, -0.2) is 48.9 Å². The fourth-order valence-electron chi connectivity index (χ4n) is 4.32. The molecule has 2 N–H and O–H groups in total. The summed E-state index contributed by atoms with van der Waals surface area (Å²) in [5.41, 5.74) is -1.84. The smallest absolute Gasteiger partial charge is 0.308 e. The number of esters is 1.